The quantitative estimate of drug-likeness (QED) is 0.655. The molecule has 1 heterocycles. The molecule has 0 aliphatic carbocycles. The Morgan fingerprint density at radius 1 is 1.56 bits per heavy atom. The first kappa shape index (κ1) is 12.4. The van der Waals surface area contributed by atoms with Crippen LogP contribution in [0, 0.1) is 5.82 Å². The summed E-state index contributed by atoms with van der Waals surface area (Å²) in [5.41, 5.74) is 5.84. The normalized spacial score (nSPS) is 10.3. The Hall–Kier alpha value is -2.02. The van der Waals surface area contributed by atoms with Gasteiger partial charge in [-0.15, -0.1) is 0 Å². The molecule has 0 saturated heterocycles. The van der Waals surface area contributed by atoms with Crippen molar-refractivity contribution in [3.8, 4) is 0 Å². The van der Waals surface area contributed by atoms with Gasteiger partial charge in [-0.2, -0.15) is 0 Å². The summed E-state index contributed by atoms with van der Waals surface area (Å²) in [4.78, 5) is 15.4. The van der Waals surface area contributed by atoms with Gasteiger partial charge >= 0.3 is 0 Å². The Balaban J connectivity index is 1.88. The van der Waals surface area contributed by atoms with Crippen LogP contribution in [0.2, 0.25) is 0 Å². The molecule has 18 heavy (non-hydrogen) atoms. The van der Waals surface area contributed by atoms with Crippen molar-refractivity contribution in [3.63, 3.8) is 0 Å². The molecular formula is C11H10FN3O2S. The van der Waals surface area contributed by atoms with Crippen LogP contribution in [0.15, 0.2) is 40.3 Å². The number of halogens is 1. The zero-order chi connectivity index (χ0) is 13.0. The number of nitrogens with one attached hydrogen (secondary N) is 1. The molecule has 0 atom stereocenters. The molecule has 3 N–H and O–H groups in total. The van der Waals surface area contributed by atoms with Crippen molar-refractivity contribution in [1.82, 2.24) is 4.98 Å². The SMILES string of the molecule is Nc1cc(NC(=O)CSc2ncco2)ccc1F. The molecule has 2 rings (SSSR count). The van der Waals surface area contributed by atoms with Crippen LogP contribution in [0.1, 0.15) is 0 Å². The van der Waals surface area contributed by atoms with E-state index in [0.29, 0.717) is 10.9 Å². The summed E-state index contributed by atoms with van der Waals surface area (Å²) in [5, 5.41) is 3.02. The van der Waals surface area contributed by atoms with Gasteiger partial charge in [-0.25, -0.2) is 9.37 Å². The maximum Gasteiger partial charge on any atom is 0.256 e. The summed E-state index contributed by atoms with van der Waals surface area (Å²) in [6.45, 7) is 0. The van der Waals surface area contributed by atoms with E-state index in [-0.39, 0.29) is 17.3 Å². The Labute approximate surface area is 107 Å². The largest absolute Gasteiger partial charge is 0.440 e. The third kappa shape index (κ3) is 3.24. The molecule has 0 spiro atoms. The van der Waals surface area contributed by atoms with Gasteiger partial charge in [0.1, 0.15) is 12.1 Å². The van der Waals surface area contributed by atoms with E-state index in [4.69, 9.17) is 10.2 Å². The van der Waals surface area contributed by atoms with E-state index >= 15 is 0 Å². The lowest BCUT2D eigenvalue weighted by Gasteiger charge is -2.05. The molecule has 94 valence electrons. The number of benzene rings is 1. The van der Waals surface area contributed by atoms with Crippen molar-refractivity contribution >= 4 is 29.0 Å². The van der Waals surface area contributed by atoms with Crippen molar-refractivity contribution in [2.45, 2.75) is 5.22 Å². The number of nitrogens with zero attached hydrogens (tertiary/aromatic N) is 1. The summed E-state index contributed by atoms with van der Waals surface area (Å²) in [6.07, 6.45) is 2.93. The number of anilines is 2. The summed E-state index contributed by atoms with van der Waals surface area (Å²) in [6, 6.07) is 4.01. The molecule has 1 aromatic heterocycles. The minimum atomic E-state index is -0.512. The molecular weight excluding hydrogens is 257 g/mol. The predicted octanol–water partition coefficient (Wildman–Crippen LogP) is 2.13. The van der Waals surface area contributed by atoms with Crippen LogP contribution in [0.4, 0.5) is 15.8 Å². The van der Waals surface area contributed by atoms with E-state index < -0.39 is 5.82 Å². The maximum absolute atomic E-state index is 12.9. The lowest BCUT2D eigenvalue weighted by Crippen LogP contribution is -2.14. The smallest absolute Gasteiger partial charge is 0.256 e. The average molecular weight is 267 g/mol. The maximum atomic E-state index is 12.9. The standard InChI is InChI=1S/C11H10FN3O2S/c12-8-2-1-7(5-9(8)13)15-10(16)6-18-11-14-3-4-17-11/h1-5H,6,13H2,(H,15,16). The lowest BCUT2D eigenvalue weighted by molar-refractivity contribution is -0.113. The number of amides is 1. The van der Waals surface area contributed by atoms with Crippen LogP contribution in [0.5, 0.6) is 0 Å². The van der Waals surface area contributed by atoms with Gasteiger partial charge in [-0.05, 0) is 18.2 Å². The zero-order valence-electron chi connectivity index (χ0n) is 9.22. The van der Waals surface area contributed by atoms with Crippen molar-refractivity contribution in [2.75, 3.05) is 16.8 Å². The molecule has 0 saturated carbocycles. The number of hydrogen-bond acceptors (Lipinski definition) is 5. The number of oxazole rings is 1. The molecule has 0 aliphatic rings. The highest BCUT2D eigenvalue weighted by Gasteiger charge is 2.07. The fourth-order valence-electron chi connectivity index (χ4n) is 1.23. The number of carbonyl (C=O) groups is 1. The fourth-order valence-corrected chi connectivity index (χ4v) is 1.81. The minimum absolute atomic E-state index is 0.00634. The molecule has 1 amide bonds. The highest BCUT2D eigenvalue weighted by atomic mass is 32.2. The topological polar surface area (TPSA) is 81.1 Å². The van der Waals surface area contributed by atoms with Gasteiger partial charge in [0.25, 0.3) is 5.22 Å². The van der Waals surface area contributed by atoms with Gasteiger partial charge in [0.15, 0.2) is 0 Å². The number of rotatable bonds is 4. The lowest BCUT2D eigenvalue weighted by atomic mass is 10.2. The van der Waals surface area contributed by atoms with Gasteiger partial charge in [0, 0.05) is 5.69 Å². The first-order chi connectivity index (χ1) is 8.65. The number of nitrogens with two attached hydrogens (primary N) is 1. The number of carbonyl (C=O) groups excluding carboxylic acids is 1. The van der Waals surface area contributed by atoms with Crippen LogP contribution in [0.3, 0.4) is 0 Å². The highest BCUT2D eigenvalue weighted by Crippen LogP contribution is 2.18. The van der Waals surface area contributed by atoms with E-state index in [2.05, 4.69) is 10.3 Å². The van der Waals surface area contributed by atoms with Crippen molar-refractivity contribution in [2.24, 2.45) is 0 Å². The number of aromatic nitrogens is 1. The monoisotopic (exact) mass is 267 g/mol. The van der Waals surface area contributed by atoms with Crippen LogP contribution >= 0.6 is 11.8 Å². The molecule has 2 aromatic rings. The van der Waals surface area contributed by atoms with Crippen LogP contribution in [0.25, 0.3) is 0 Å². The van der Waals surface area contributed by atoms with Gasteiger partial charge in [0.2, 0.25) is 5.91 Å². The van der Waals surface area contributed by atoms with Gasteiger partial charge in [0.05, 0.1) is 17.6 Å². The van der Waals surface area contributed by atoms with Crippen molar-refractivity contribution in [3.05, 3.63) is 36.5 Å². The van der Waals surface area contributed by atoms with E-state index in [9.17, 15) is 9.18 Å². The number of nitrogen functional groups attached to an aromatic ring is 1. The second-order valence-corrected chi connectivity index (χ2v) is 4.30. The molecule has 1 aromatic carbocycles. The molecule has 5 nitrogen and oxygen atoms in total. The molecule has 0 fully saturated rings. The second kappa shape index (κ2) is 5.54. The van der Waals surface area contributed by atoms with Crippen molar-refractivity contribution in [1.29, 1.82) is 0 Å². The zero-order valence-corrected chi connectivity index (χ0v) is 10.0. The Kier molecular flexibility index (Phi) is 3.83. The fraction of sp³-hybridized carbons (Fsp3) is 0.0909. The summed E-state index contributed by atoms with van der Waals surface area (Å²) in [7, 11) is 0. The summed E-state index contributed by atoms with van der Waals surface area (Å²) < 4.78 is 17.9. The predicted molar refractivity (Wildman–Crippen MR) is 66.7 cm³/mol. The third-order valence-electron chi connectivity index (χ3n) is 2.02. The molecule has 0 bridgehead atoms. The Morgan fingerprint density at radius 2 is 2.39 bits per heavy atom. The first-order valence-electron chi connectivity index (χ1n) is 5.02. The van der Waals surface area contributed by atoms with Gasteiger partial charge in [-0.3, -0.25) is 4.79 Å². The second-order valence-electron chi connectivity index (χ2n) is 3.37. The summed E-state index contributed by atoms with van der Waals surface area (Å²) in [5.74, 6) is -0.607. The van der Waals surface area contributed by atoms with Crippen LogP contribution < -0.4 is 11.1 Å². The van der Waals surface area contributed by atoms with Crippen molar-refractivity contribution < 1.29 is 13.6 Å². The van der Waals surface area contributed by atoms with Crippen LogP contribution in [-0.2, 0) is 4.79 Å². The van der Waals surface area contributed by atoms with E-state index in [1.807, 2.05) is 0 Å². The molecule has 7 heteroatoms. The molecule has 0 unspecified atom stereocenters. The van der Waals surface area contributed by atoms with E-state index in [1.54, 1.807) is 0 Å². The number of hydrogen-bond donors (Lipinski definition) is 2. The van der Waals surface area contributed by atoms with Crippen LogP contribution in [-0.4, -0.2) is 16.6 Å². The van der Waals surface area contributed by atoms with E-state index in [0.717, 1.165) is 0 Å². The minimum Gasteiger partial charge on any atom is -0.440 e. The highest BCUT2D eigenvalue weighted by molar-refractivity contribution is 7.99. The summed E-state index contributed by atoms with van der Waals surface area (Å²) >= 11 is 1.17. The first-order valence-corrected chi connectivity index (χ1v) is 6.01. The Morgan fingerprint density at radius 3 is 3.06 bits per heavy atom. The average Bonchev–Trinajstić information content (AvgIpc) is 2.84. The van der Waals surface area contributed by atoms with Gasteiger partial charge in [-0.1, -0.05) is 11.8 Å². The third-order valence-corrected chi connectivity index (χ3v) is 2.87. The van der Waals surface area contributed by atoms with Gasteiger partial charge < -0.3 is 15.5 Å². The van der Waals surface area contributed by atoms with E-state index in [1.165, 1.54) is 42.4 Å². The Bertz CT molecular complexity index is 545. The number of thioether (sulfide) groups is 1. The molecule has 0 radical (unpaired) electrons. The molecule has 0 aliphatic heterocycles.